The van der Waals surface area contributed by atoms with E-state index >= 15 is 0 Å². The molecule has 0 radical (unpaired) electrons. The second-order valence-electron chi connectivity index (χ2n) is 9.09. The molecule has 0 aliphatic carbocycles. The van der Waals surface area contributed by atoms with Crippen LogP contribution in [0.5, 0.6) is 0 Å². The number of rotatable bonds is 6. The van der Waals surface area contributed by atoms with Gasteiger partial charge in [-0.25, -0.2) is 0 Å². The summed E-state index contributed by atoms with van der Waals surface area (Å²) in [5.74, 6) is 2.45. The molecule has 4 heteroatoms. The zero-order valence-corrected chi connectivity index (χ0v) is 18.9. The number of ether oxygens (including phenoxy) is 1. The molecule has 0 bridgehead atoms. The van der Waals surface area contributed by atoms with Crippen LogP contribution in [0.25, 0.3) is 0 Å². The molecule has 1 N–H and O–H groups in total. The van der Waals surface area contributed by atoms with Gasteiger partial charge >= 0.3 is 0 Å². The summed E-state index contributed by atoms with van der Waals surface area (Å²) in [5, 5.41) is 12.8. The SMILES string of the molecule is C#C[C@@](C)(O)[C@H]1CC[C@@H](CO[Si](c2ccccc2)(c2ccccc2)C(C)(C)C)O1. The maximum absolute atomic E-state index is 10.4. The summed E-state index contributed by atoms with van der Waals surface area (Å²) in [6.45, 7) is 8.93. The topological polar surface area (TPSA) is 38.7 Å². The first-order valence-electron chi connectivity index (χ1n) is 10.3. The Hall–Kier alpha value is -1.90. The fourth-order valence-electron chi connectivity index (χ4n) is 4.31. The van der Waals surface area contributed by atoms with E-state index in [1.165, 1.54) is 10.4 Å². The highest BCUT2D eigenvalue weighted by molar-refractivity contribution is 6.99. The summed E-state index contributed by atoms with van der Waals surface area (Å²) in [7, 11) is -2.58. The summed E-state index contributed by atoms with van der Waals surface area (Å²) < 4.78 is 13.0. The van der Waals surface area contributed by atoms with Crippen LogP contribution >= 0.6 is 0 Å². The summed E-state index contributed by atoms with van der Waals surface area (Å²) in [6.07, 6.45) is 6.64. The molecule has 2 aromatic rings. The molecule has 0 spiro atoms. The fraction of sp³-hybridized carbons (Fsp3) is 0.440. The van der Waals surface area contributed by atoms with Gasteiger partial charge in [0.05, 0.1) is 18.8 Å². The van der Waals surface area contributed by atoms with Gasteiger partial charge in [0.15, 0.2) is 0 Å². The van der Waals surface area contributed by atoms with Crippen molar-refractivity contribution in [3.8, 4) is 12.3 Å². The zero-order valence-electron chi connectivity index (χ0n) is 17.9. The van der Waals surface area contributed by atoms with Crippen LogP contribution in [0.2, 0.25) is 5.04 Å². The first-order valence-corrected chi connectivity index (χ1v) is 12.2. The van der Waals surface area contributed by atoms with E-state index in [-0.39, 0.29) is 17.2 Å². The van der Waals surface area contributed by atoms with Crippen molar-refractivity contribution in [2.75, 3.05) is 6.61 Å². The van der Waals surface area contributed by atoms with Crippen molar-refractivity contribution in [3.63, 3.8) is 0 Å². The molecule has 0 amide bonds. The normalized spacial score (nSPS) is 22.1. The number of aliphatic hydroxyl groups is 1. The van der Waals surface area contributed by atoms with Gasteiger partial charge in [-0.05, 0) is 35.2 Å². The highest BCUT2D eigenvalue weighted by Crippen LogP contribution is 2.37. The summed E-state index contributed by atoms with van der Waals surface area (Å²) in [5.41, 5.74) is -1.24. The molecule has 2 aromatic carbocycles. The minimum Gasteiger partial charge on any atom is -0.405 e. The first-order chi connectivity index (χ1) is 13.7. The van der Waals surface area contributed by atoms with Crippen LogP contribution in [0.15, 0.2) is 60.7 Å². The summed E-state index contributed by atoms with van der Waals surface area (Å²) >= 11 is 0. The Labute approximate surface area is 176 Å². The van der Waals surface area contributed by atoms with Gasteiger partial charge in [0, 0.05) is 0 Å². The molecular formula is C25H32O3Si. The molecule has 3 nitrogen and oxygen atoms in total. The Balaban J connectivity index is 1.92. The minimum atomic E-state index is -2.58. The molecule has 29 heavy (non-hydrogen) atoms. The van der Waals surface area contributed by atoms with Gasteiger partial charge in [0.25, 0.3) is 8.32 Å². The molecule has 154 valence electrons. The number of benzene rings is 2. The molecule has 0 aromatic heterocycles. The Morgan fingerprint density at radius 3 is 1.97 bits per heavy atom. The van der Waals surface area contributed by atoms with Gasteiger partial charge in [-0.3, -0.25) is 0 Å². The second-order valence-corrected chi connectivity index (χ2v) is 13.4. The van der Waals surface area contributed by atoms with Crippen molar-refractivity contribution in [2.24, 2.45) is 0 Å². The van der Waals surface area contributed by atoms with Crippen molar-refractivity contribution in [1.29, 1.82) is 0 Å². The third kappa shape index (κ3) is 4.34. The van der Waals surface area contributed by atoms with E-state index in [9.17, 15) is 5.11 Å². The van der Waals surface area contributed by atoms with E-state index in [0.29, 0.717) is 6.61 Å². The van der Waals surface area contributed by atoms with E-state index in [2.05, 4.69) is 75.2 Å². The van der Waals surface area contributed by atoms with Crippen LogP contribution in [0.1, 0.15) is 40.5 Å². The molecule has 0 unspecified atom stereocenters. The van der Waals surface area contributed by atoms with Crippen molar-refractivity contribution in [1.82, 2.24) is 0 Å². The van der Waals surface area contributed by atoms with Crippen LogP contribution in [-0.2, 0) is 9.16 Å². The van der Waals surface area contributed by atoms with E-state index in [1.807, 2.05) is 12.1 Å². The molecule has 3 atom stereocenters. The van der Waals surface area contributed by atoms with E-state index in [0.717, 1.165) is 12.8 Å². The summed E-state index contributed by atoms with van der Waals surface area (Å²) in [4.78, 5) is 0. The van der Waals surface area contributed by atoms with Gasteiger partial charge in [0.1, 0.15) is 5.60 Å². The van der Waals surface area contributed by atoms with Gasteiger partial charge in [-0.1, -0.05) is 87.4 Å². The van der Waals surface area contributed by atoms with Crippen LogP contribution in [0, 0.1) is 12.3 Å². The highest BCUT2D eigenvalue weighted by Gasteiger charge is 2.51. The average Bonchev–Trinajstić information content (AvgIpc) is 3.19. The Bertz CT molecular complexity index is 794. The van der Waals surface area contributed by atoms with Gasteiger partial charge in [-0.2, -0.15) is 0 Å². The van der Waals surface area contributed by atoms with Crippen molar-refractivity contribution >= 4 is 18.7 Å². The van der Waals surface area contributed by atoms with Crippen LogP contribution in [-0.4, -0.2) is 37.8 Å². The van der Waals surface area contributed by atoms with Gasteiger partial charge in [-0.15, -0.1) is 6.42 Å². The molecule has 1 fully saturated rings. The van der Waals surface area contributed by atoms with E-state index in [4.69, 9.17) is 15.6 Å². The number of terminal acetylenes is 1. The maximum Gasteiger partial charge on any atom is 0.261 e. The number of hydrogen-bond donors (Lipinski definition) is 1. The fourth-order valence-corrected chi connectivity index (χ4v) is 8.91. The first kappa shape index (κ1) is 21.8. The standard InChI is InChI=1S/C25H32O3Si/c1-6-25(5,26)23-18-17-20(28-23)19-27-29(24(2,3)4,21-13-9-7-10-14-21)22-15-11-8-12-16-22/h1,7-16,20,23,26H,17-19H2,2-5H3/t20-,23+,25+/m0/s1. The summed E-state index contributed by atoms with van der Waals surface area (Å²) in [6, 6.07) is 21.2. The predicted octanol–water partition coefficient (Wildman–Crippen LogP) is 3.49. The zero-order chi connectivity index (χ0) is 21.1. The Kier molecular flexibility index (Phi) is 6.35. The molecular weight excluding hydrogens is 376 g/mol. The second kappa shape index (κ2) is 8.45. The maximum atomic E-state index is 10.4. The average molecular weight is 409 g/mol. The lowest BCUT2D eigenvalue weighted by Crippen LogP contribution is -2.67. The molecule has 3 rings (SSSR count). The lowest BCUT2D eigenvalue weighted by Gasteiger charge is -2.43. The van der Waals surface area contributed by atoms with Crippen LogP contribution < -0.4 is 10.4 Å². The molecule has 0 saturated carbocycles. The lowest BCUT2D eigenvalue weighted by atomic mass is 9.98. The predicted molar refractivity (Wildman–Crippen MR) is 121 cm³/mol. The Morgan fingerprint density at radius 1 is 1.00 bits per heavy atom. The van der Waals surface area contributed by atoms with E-state index in [1.54, 1.807) is 6.92 Å². The minimum absolute atomic E-state index is 0.0681. The monoisotopic (exact) mass is 408 g/mol. The molecule has 1 aliphatic heterocycles. The Morgan fingerprint density at radius 2 is 1.52 bits per heavy atom. The smallest absolute Gasteiger partial charge is 0.261 e. The van der Waals surface area contributed by atoms with Crippen molar-refractivity contribution < 1.29 is 14.3 Å². The van der Waals surface area contributed by atoms with Gasteiger partial charge in [0.2, 0.25) is 0 Å². The molecule has 1 aliphatic rings. The van der Waals surface area contributed by atoms with Crippen LogP contribution in [0.3, 0.4) is 0 Å². The van der Waals surface area contributed by atoms with Crippen molar-refractivity contribution in [3.05, 3.63) is 60.7 Å². The third-order valence-electron chi connectivity index (χ3n) is 5.93. The third-order valence-corrected chi connectivity index (χ3v) is 10.9. The largest absolute Gasteiger partial charge is 0.405 e. The van der Waals surface area contributed by atoms with Crippen molar-refractivity contribution in [2.45, 2.75) is 63.4 Å². The van der Waals surface area contributed by atoms with Crippen LogP contribution in [0.4, 0.5) is 0 Å². The highest BCUT2D eigenvalue weighted by atomic mass is 28.4. The molecule has 1 saturated heterocycles. The number of hydrogen-bond acceptors (Lipinski definition) is 3. The lowest BCUT2D eigenvalue weighted by molar-refractivity contribution is -0.0704. The quantitative estimate of drug-likeness (QED) is 0.587. The van der Waals surface area contributed by atoms with Gasteiger partial charge < -0.3 is 14.3 Å². The van der Waals surface area contributed by atoms with E-state index < -0.39 is 13.9 Å². The molecule has 1 heterocycles.